The second-order valence-electron chi connectivity index (χ2n) is 11.4. The number of nitrogens with one attached hydrogen (secondary N) is 2. The SMILES string of the molecule is O=C(O)CC(NC(=O)C1CCCN(CCCc2ccc3c(n2)NCCC3)C1)c1cccc(N2CCCCC2)c1. The van der Waals surface area contributed by atoms with Crippen LogP contribution in [0.25, 0.3) is 0 Å². The molecule has 8 nitrogen and oxygen atoms in total. The summed E-state index contributed by atoms with van der Waals surface area (Å²) in [5, 5.41) is 16.1. The van der Waals surface area contributed by atoms with Crippen LogP contribution in [-0.4, -0.2) is 66.1 Å². The predicted molar refractivity (Wildman–Crippen MR) is 154 cm³/mol. The van der Waals surface area contributed by atoms with Gasteiger partial charge < -0.3 is 25.5 Å². The summed E-state index contributed by atoms with van der Waals surface area (Å²) in [6, 6.07) is 11.9. The minimum Gasteiger partial charge on any atom is -0.481 e. The molecule has 2 aromatic rings. The molecule has 1 amide bonds. The van der Waals surface area contributed by atoms with E-state index in [1.165, 1.54) is 31.2 Å². The van der Waals surface area contributed by atoms with Crippen molar-refractivity contribution in [3.8, 4) is 0 Å². The first-order valence-electron chi connectivity index (χ1n) is 14.9. The van der Waals surface area contributed by atoms with E-state index in [2.05, 4.69) is 44.7 Å². The molecule has 0 saturated carbocycles. The van der Waals surface area contributed by atoms with Gasteiger partial charge in [0.15, 0.2) is 0 Å². The number of carboxylic acids is 1. The van der Waals surface area contributed by atoms with Gasteiger partial charge in [-0.1, -0.05) is 18.2 Å². The molecule has 0 spiro atoms. The number of hydrogen-bond acceptors (Lipinski definition) is 6. The summed E-state index contributed by atoms with van der Waals surface area (Å²) in [5.74, 6) is -0.00563. The number of rotatable bonds is 10. The zero-order chi connectivity index (χ0) is 27.0. The summed E-state index contributed by atoms with van der Waals surface area (Å²) in [5.41, 5.74) is 4.42. The predicted octanol–water partition coefficient (Wildman–Crippen LogP) is 4.41. The normalized spacial score (nSPS) is 20.5. The summed E-state index contributed by atoms with van der Waals surface area (Å²) in [7, 11) is 0. The number of piperidine rings is 2. The molecule has 1 aromatic carbocycles. The van der Waals surface area contributed by atoms with Crippen molar-refractivity contribution in [1.82, 2.24) is 15.2 Å². The Kier molecular flexibility index (Phi) is 9.35. The molecule has 0 bridgehead atoms. The van der Waals surface area contributed by atoms with E-state index in [4.69, 9.17) is 4.98 Å². The number of amides is 1. The molecule has 2 unspecified atom stereocenters. The fourth-order valence-electron chi connectivity index (χ4n) is 6.27. The highest BCUT2D eigenvalue weighted by Gasteiger charge is 2.28. The zero-order valence-electron chi connectivity index (χ0n) is 23.0. The highest BCUT2D eigenvalue weighted by molar-refractivity contribution is 5.80. The Balaban J connectivity index is 1.15. The van der Waals surface area contributed by atoms with Gasteiger partial charge in [0.1, 0.15) is 5.82 Å². The lowest BCUT2D eigenvalue weighted by molar-refractivity contribution is -0.138. The molecule has 210 valence electrons. The van der Waals surface area contributed by atoms with Crippen LogP contribution in [0.5, 0.6) is 0 Å². The molecule has 3 aliphatic heterocycles. The summed E-state index contributed by atoms with van der Waals surface area (Å²) in [4.78, 5) is 34.6. The molecule has 5 rings (SSSR count). The van der Waals surface area contributed by atoms with E-state index in [0.29, 0.717) is 0 Å². The van der Waals surface area contributed by atoms with Gasteiger partial charge in [-0.15, -0.1) is 0 Å². The molecule has 0 radical (unpaired) electrons. The summed E-state index contributed by atoms with van der Waals surface area (Å²) >= 11 is 0. The smallest absolute Gasteiger partial charge is 0.305 e. The fraction of sp³-hybridized carbons (Fsp3) is 0.581. The Morgan fingerprint density at radius 3 is 2.79 bits per heavy atom. The van der Waals surface area contributed by atoms with Crippen molar-refractivity contribution >= 4 is 23.4 Å². The van der Waals surface area contributed by atoms with E-state index in [1.807, 2.05) is 12.1 Å². The molecule has 39 heavy (non-hydrogen) atoms. The van der Waals surface area contributed by atoms with Crippen LogP contribution in [0.4, 0.5) is 11.5 Å². The number of likely N-dealkylation sites (tertiary alicyclic amines) is 1. The quantitative estimate of drug-likeness (QED) is 0.416. The zero-order valence-corrected chi connectivity index (χ0v) is 23.0. The van der Waals surface area contributed by atoms with Crippen LogP contribution in [0.2, 0.25) is 0 Å². The van der Waals surface area contributed by atoms with Gasteiger partial charge in [-0.05, 0) is 100 Å². The minimum atomic E-state index is -0.903. The molecule has 3 N–H and O–H groups in total. The van der Waals surface area contributed by atoms with Crippen molar-refractivity contribution in [2.24, 2.45) is 5.92 Å². The molecule has 4 heterocycles. The van der Waals surface area contributed by atoms with Crippen LogP contribution in [-0.2, 0) is 22.4 Å². The fourth-order valence-corrected chi connectivity index (χ4v) is 6.27. The summed E-state index contributed by atoms with van der Waals surface area (Å²) < 4.78 is 0. The standard InChI is InChI=1S/C31H43N5O3/c37-29(38)21-28(24-8-4-12-27(20-24)36-18-2-1-3-19-36)34-31(39)25-10-6-16-35(22-25)17-7-11-26-14-13-23-9-5-15-32-30(23)33-26/h4,8,12-14,20,25,28H,1-3,5-7,9-11,15-19,21-22H2,(H,32,33)(H,34,39)(H,37,38). The summed E-state index contributed by atoms with van der Waals surface area (Å²) in [6.07, 6.45) is 9.52. The van der Waals surface area contributed by atoms with Crippen molar-refractivity contribution in [2.75, 3.05) is 49.5 Å². The second kappa shape index (κ2) is 13.3. The van der Waals surface area contributed by atoms with Crippen molar-refractivity contribution in [1.29, 1.82) is 0 Å². The number of anilines is 2. The highest BCUT2D eigenvalue weighted by Crippen LogP contribution is 2.27. The van der Waals surface area contributed by atoms with E-state index >= 15 is 0 Å². The van der Waals surface area contributed by atoms with Crippen molar-refractivity contribution in [2.45, 2.75) is 70.3 Å². The molecular weight excluding hydrogens is 490 g/mol. The lowest BCUT2D eigenvalue weighted by Crippen LogP contribution is -2.44. The molecule has 3 aliphatic rings. The highest BCUT2D eigenvalue weighted by atomic mass is 16.4. The first kappa shape index (κ1) is 27.4. The van der Waals surface area contributed by atoms with Crippen LogP contribution in [0, 0.1) is 5.92 Å². The van der Waals surface area contributed by atoms with Gasteiger partial charge in [0.05, 0.1) is 18.4 Å². The molecule has 2 atom stereocenters. The van der Waals surface area contributed by atoms with E-state index in [1.54, 1.807) is 0 Å². The largest absolute Gasteiger partial charge is 0.481 e. The van der Waals surface area contributed by atoms with Crippen LogP contribution in [0.1, 0.15) is 74.2 Å². The van der Waals surface area contributed by atoms with E-state index in [9.17, 15) is 14.7 Å². The number of pyridine rings is 1. The third kappa shape index (κ3) is 7.50. The number of nitrogens with zero attached hydrogens (tertiary/aromatic N) is 3. The van der Waals surface area contributed by atoms with Crippen molar-refractivity contribution in [3.63, 3.8) is 0 Å². The Hall–Kier alpha value is -3.13. The topological polar surface area (TPSA) is 97.8 Å². The number of carbonyl (C=O) groups is 2. The number of aliphatic carboxylic acids is 1. The van der Waals surface area contributed by atoms with Crippen LogP contribution >= 0.6 is 0 Å². The third-order valence-electron chi connectivity index (χ3n) is 8.42. The van der Waals surface area contributed by atoms with Crippen LogP contribution in [0.3, 0.4) is 0 Å². The average Bonchev–Trinajstić information content (AvgIpc) is 2.97. The van der Waals surface area contributed by atoms with Crippen LogP contribution in [0.15, 0.2) is 36.4 Å². The maximum atomic E-state index is 13.4. The number of benzene rings is 1. The number of carboxylic acid groups (broad SMARTS) is 1. The Morgan fingerprint density at radius 1 is 1.08 bits per heavy atom. The van der Waals surface area contributed by atoms with Gasteiger partial charge in [-0.25, -0.2) is 4.98 Å². The third-order valence-corrected chi connectivity index (χ3v) is 8.42. The number of aromatic nitrogens is 1. The van der Waals surface area contributed by atoms with E-state index in [0.717, 1.165) is 94.1 Å². The molecule has 1 aromatic heterocycles. The molecule has 0 aliphatic carbocycles. The number of hydrogen-bond donors (Lipinski definition) is 3. The van der Waals surface area contributed by atoms with Gasteiger partial charge in [0, 0.05) is 37.6 Å². The Morgan fingerprint density at radius 2 is 1.95 bits per heavy atom. The summed E-state index contributed by atoms with van der Waals surface area (Å²) in [6.45, 7) is 5.70. The van der Waals surface area contributed by atoms with E-state index < -0.39 is 12.0 Å². The molecule has 2 fully saturated rings. The number of aryl methyl sites for hydroxylation is 2. The molecule has 8 heteroatoms. The maximum absolute atomic E-state index is 13.4. The Labute approximate surface area is 232 Å². The van der Waals surface area contributed by atoms with Gasteiger partial charge in [-0.2, -0.15) is 0 Å². The van der Waals surface area contributed by atoms with Gasteiger partial charge in [0.25, 0.3) is 0 Å². The first-order valence-corrected chi connectivity index (χ1v) is 14.9. The van der Waals surface area contributed by atoms with Crippen molar-refractivity contribution < 1.29 is 14.7 Å². The monoisotopic (exact) mass is 533 g/mol. The number of fused-ring (bicyclic) bond motifs is 1. The van der Waals surface area contributed by atoms with Gasteiger partial charge in [-0.3, -0.25) is 9.59 Å². The van der Waals surface area contributed by atoms with Crippen molar-refractivity contribution in [3.05, 3.63) is 53.2 Å². The lowest BCUT2D eigenvalue weighted by Gasteiger charge is -2.33. The van der Waals surface area contributed by atoms with Gasteiger partial charge >= 0.3 is 5.97 Å². The molecular formula is C31H43N5O3. The second-order valence-corrected chi connectivity index (χ2v) is 11.4. The molecule has 2 saturated heterocycles. The minimum absolute atomic E-state index is 0.0308. The lowest BCUT2D eigenvalue weighted by atomic mass is 9.95. The number of carbonyl (C=O) groups excluding carboxylic acids is 1. The Bertz CT molecular complexity index is 1130. The van der Waals surface area contributed by atoms with Gasteiger partial charge in [0.2, 0.25) is 5.91 Å². The maximum Gasteiger partial charge on any atom is 0.305 e. The van der Waals surface area contributed by atoms with Crippen LogP contribution < -0.4 is 15.5 Å². The van der Waals surface area contributed by atoms with E-state index in [-0.39, 0.29) is 18.2 Å². The average molecular weight is 534 g/mol. The first-order chi connectivity index (χ1) is 19.0.